The highest BCUT2D eigenvalue weighted by Gasteiger charge is 2.35. The minimum atomic E-state index is -2.77. The number of aromatic nitrogens is 2. The van der Waals surface area contributed by atoms with Gasteiger partial charge in [0.2, 0.25) is 11.8 Å². The first kappa shape index (κ1) is 17.3. The predicted molar refractivity (Wildman–Crippen MR) is 88.7 cm³/mol. The number of carbonyl (C=O) groups is 2. The van der Waals surface area contributed by atoms with Crippen molar-refractivity contribution in [2.45, 2.75) is 12.8 Å². The molecule has 2 amide bonds. The highest BCUT2D eigenvalue weighted by atomic mass is 35.5. The molecule has 0 bridgehead atoms. The van der Waals surface area contributed by atoms with E-state index in [2.05, 4.69) is 10.4 Å². The van der Waals surface area contributed by atoms with Crippen molar-refractivity contribution in [1.82, 2.24) is 9.78 Å². The van der Waals surface area contributed by atoms with E-state index < -0.39 is 18.3 Å². The number of nitrogens with one attached hydrogen (secondary N) is 1. The number of benzene rings is 1. The largest absolute Gasteiger partial charge is 0.323 e. The normalized spacial score (nSPS) is 17.4. The summed E-state index contributed by atoms with van der Waals surface area (Å²) in [5.41, 5.74) is 0.228. The molecule has 3 rings (SSSR count). The number of alkyl halides is 2. The van der Waals surface area contributed by atoms with Crippen LogP contribution in [-0.2, 0) is 16.6 Å². The highest BCUT2D eigenvalue weighted by Crippen LogP contribution is 2.29. The summed E-state index contributed by atoms with van der Waals surface area (Å²) in [6.07, 6.45) is -1.58. The van der Waals surface area contributed by atoms with Crippen molar-refractivity contribution in [2.24, 2.45) is 13.0 Å². The Kier molecular flexibility index (Phi) is 4.71. The summed E-state index contributed by atoms with van der Waals surface area (Å²) in [5.74, 6) is -1.32. The fourth-order valence-corrected chi connectivity index (χ4v) is 2.92. The third-order valence-corrected chi connectivity index (χ3v) is 4.34. The molecule has 1 unspecified atom stereocenters. The van der Waals surface area contributed by atoms with Gasteiger partial charge in [-0.3, -0.25) is 14.3 Å². The van der Waals surface area contributed by atoms with Gasteiger partial charge in [-0.05, 0) is 24.3 Å². The summed E-state index contributed by atoms with van der Waals surface area (Å²) in [6, 6.07) is 6.69. The molecule has 1 aliphatic rings. The Morgan fingerprint density at radius 2 is 2.04 bits per heavy atom. The van der Waals surface area contributed by atoms with Crippen LogP contribution >= 0.6 is 11.6 Å². The molecule has 132 valence electrons. The molecule has 0 radical (unpaired) electrons. The molecule has 1 N–H and O–H groups in total. The van der Waals surface area contributed by atoms with E-state index in [1.807, 2.05) is 0 Å². The maximum absolute atomic E-state index is 13.0. The number of rotatable bonds is 4. The minimum Gasteiger partial charge on any atom is -0.323 e. The highest BCUT2D eigenvalue weighted by molar-refractivity contribution is 6.30. The fourth-order valence-electron chi connectivity index (χ4n) is 2.79. The van der Waals surface area contributed by atoms with Gasteiger partial charge >= 0.3 is 0 Å². The molecule has 1 fully saturated rings. The van der Waals surface area contributed by atoms with Crippen molar-refractivity contribution in [1.29, 1.82) is 0 Å². The second-order valence-electron chi connectivity index (χ2n) is 5.74. The van der Waals surface area contributed by atoms with Crippen LogP contribution in [0.1, 0.15) is 18.5 Å². The van der Waals surface area contributed by atoms with Gasteiger partial charge in [-0.15, -0.1) is 0 Å². The Bertz CT molecular complexity index is 807. The van der Waals surface area contributed by atoms with Crippen LogP contribution in [0.5, 0.6) is 0 Å². The van der Waals surface area contributed by atoms with Gasteiger partial charge in [0.15, 0.2) is 0 Å². The predicted octanol–water partition coefficient (Wildman–Crippen LogP) is 3.00. The van der Waals surface area contributed by atoms with Gasteiger partial charge in [0, 0.05) is 30.7 Å². The Morgan fingerprint density at radius 1 is 1.36 bits per heavy atom. The molecule has 1 saturated heterocycles. The van der Waals surface area contributed by atoms with Crippen LogP contribution in [0.15, 0.2) is 30.5 Å². The number of nitrogens with zero attached hydrogens (tertiary/aromatic N) is 3. The Balaban J connectivity index is 1.72. The van der Waals surface area contributed by atoms with Crippen LogP contribution < -0.4 is 10.2 Å². The molecule has 0 saturated carbocycles. The lowest BCUT2D eigenvalue weighted by molar-refractivity contribution is -0.122. The van der Waals surface area contributed by atoms with E-state index in [9.17, 15) is 18.4 Å². The summed E-state index contributed by atoms with van der Waals surface area (Å²) in [7, 11) is 1.37. The number of hydrogen-bond donors (Lipinski definition) is 1. The third-order valence-electron chi connectivity index (χ3n) is 4.08. The molecule has 9 heteroatoms. The van der Waals surface area contributed by atoms with E-state index in [1.54, 1.807) is 24.3 Å². The van der Waals surface area contributed by atoms with Crippen molar-refractivity contribution in [2.75, 3.05) is 16.8 Å². The van der Waals surface area contributed by atoms with Gasteiger partial charge in [0.1, 0.15) is 5.69 Å². The maximum atomic E-state index is 13.0. The van der Waals surface area contributed by atoms with Crippen LogP contribution in [0.2, 0.25) is 5.02 Å². The van der Waals surface area contributed by atoms with Gasteiger partial charge < -0.3 is 10.2 Å². The first-order chi connectivity index (χ1) is 11.9. The second kappa shape index (κ2) is 6.79. The zero-order chi connectivity index (χ0) is 18.1. The van der Waals surface area contributed by atoms with Crippen LogP contribution in [0.3, 0.4) is 0 Å². The van der Waals surface area contributed by atoms with E-state index in [1.165, 1.54) is 18.1 Å². The zero-order valence-electron chi connectivity index (χ0n) is 13.2. The van der Waals surface area contributed by atoms with Gasteiger partial charge in [-0.25, -0.2) is 8.78 Å². The lowest BCUT2D eigenvalue weighted by Gasteiger charge is -2.16. The van der Waals surface area contributed by atoms with Crippen molar-refractivity contribution in [3.63, 3.8) is 0 Å². The first-order valence-corrected chi connectivity index (χ1v) is 7.91. The van der Waals surface area contributed by atoms with Gasteiger partial charge in [0.05, 0.1) is 17.8 Å². The molecular weight excluding hydrogens is 354 g/mol. The number of carbonyl (C=O) groups excluding carboxylic acids is 2. The molecule has 1 aromatic carbocycles. The minimum absolute atomic E-state index is 0.0126. The van der Waals surface area contributed by atoms with E-state index >= 15 is 0 Å². The standard InChI is InChI=1S/C16H15ClF2N4O2/c1-22-14(15(18)19)12(7-20-22)21-16(25)9-6-13(24)23(8-9)11-4-2-10(17)3-5-11/h2-5,7,9,15H,6,8H2,1H3,(H,21,25). The average Bonchev–Trinajstić information content (AvgIpc) is 3.11. The molecule has 1 atom stereocenters. The molecule has 0 aliphatic carbocycles. The fraction of sp³-hybridized carbons (Fsp3) is 0.312. The van der Waals surface area contributed by atoms with E-state index in [0.717, 1.165) is 4.68 Å². The zero-order valence-corrected chi connectivity index (χ0v) is 14.0. The Labute approximate surface area is 147 Å². The average molecular weight is 369 g/mol. The quantitative estimate of drug-likeness (QED) is 0.902. The van der Waals surface area contributed by atoms with E-state index in [4.69, 9.17) is 11.6 Å². The van der Waals surface area contributed by atoms with Crippen LogP contribution in [0.4, 0.5) is 20.2 Å². The first-order valence-electron chi connectivity index (χ1n) is 7.53. The SMILES string of the molecule is Cn1ncc(NC(=O)C2CC(=O)N(c3ccc(Cl)cc3)C2)c1C(F)F. The number of hydrogen-bond acceptors (Lipinski definition) is 3. The van der Waals surface area contributed by atoms with Crippen LogP contribution in [-0.4, -0.2) is 28.1 Å². The monoisotopic (exact) mass is 368 g/mol. The number of halogens is 3. The van der Waals surface area contributed by atoms with Gasteiger partial charge in [-0.1, -0.05) is 11.6 Å². The molecule has 1 aliphatic heterocycles. The summed E-state index contributed by atoms with van der Waals surface area (Å²) in [6.45, 7) is 0.177. The number of anilines is 2. The molecule has 2 heterocycles. The lowest BCUT2D eigenvalue weighted by Crippen LogP contribution is -2.28. The molecule has 6 nitrogen and oxygen atoms in total. The second-order valence-corrected chi connectivity index (χ2v) is 6.18. The van der Waals surface area contributed by atoms with Crippen LogP contribution in [0, 0.1) is 5.92 Å². The topological polar surface area (TPSA) is 67.2 Å². The molecule has 25 heavy (non-hydrogen) atoms. The molecule has 0 spiro atoms. The van der Waals surface area contributed by atoms with Crippen LogP contribution in [0.25, 0.3) is 0 Å². The van der Waals surface area contributed by atoms with Gasteiger partial charge in [0.25, 0.3) is 6.43 Å². The van der Waals surface area contributed by atoms with E-state index in [-0.39, 0.29) is 30.3 Å². The molecule has 2 aromatic rings. The van der Waals surface area contributed by atoms with Crippen molar-refractivity contribution < 1.29 is 18.4 Å². The van der Waals surface area contributed by atoms with Gasteiger partial charge in [-0.2, -0.15) is 5.10 Å². The Morgan fingerprint density at radius 3 is 2.68 bits per heavy atom. The summed E-state index contributed by atoms with van der Waals surface area (Å²) >= 11 is 5.83. The summed E-state index contributed by atoms with van der Waals surface area (Å²) in [4.78, 5) is 26.0. The maximum Gasteiger partial charge on any atom is 0.282 e. The molecular formula is C16H15ClF2N4O2. The smallest absolute Gasteiger partial charge is 0.282 e. The van der Waals surface area contributed by atoms with E-state index in [0.29, 0.717) is 10.7 Å². The number of aryl methyl sites for hydroxylation is 1. The van der Waals surface area contributed by atoms with Crippen molar-refractivity contribution >= 4 is 34.8 Å². The Hall–Kier alpha value is -2.48. The number of amides is 2. The van der Waals surface area contributed by atoms with Crippen molar-refractivity contribution in [3.05, 3.63) is 41.2 Å². The third kappa shape index (κ3) is 3.48. The summed E-state index contributed by atoms with van der Waals surface area (Å²) in [5, 5.41) is 6.73. The van der Waals surface area contributed by atoms with Crippen molar-refractivity contribution in [3.8, 4) is 0 Å². The molecule has 1 aromatic heterocycles. The summed E-state index contributed by atoms with van der Waals surface area (Å²) < 4.78 is 27.1. The lowest BCUT2D eigenvalue weighted by atomic mass is 10.1.